The van der Waals surface area contributed by atoms with Gasteiger partial charge in [-0.15, -0.1) is 0 Å². The molecule has 0 aliphatic carbocycles. The summed E-state index contributed by atoms with van der Waals surface area (Å²) in [5, 5.41) is 12.4. The number of nitrogens with zero attached hydrogens (tertiary/aromatic N) is 1. The van der Waals surface area contributed by atoms with Gasteiger partial charge in [-0.25, -0.2) is 0 Å². The highest BCUT2D eigenvalue weighted by molar-refractivity contribution is 5.75. The van der Waals surface area contributed by atoms with E-state index in [1.54, 1.807) is 12.1 Å². The monoisotopic (exact) mass is 280 g/mol. The predicted molar refractivity (Wildman–Crippen MR) is 79.2 cm³/mol. The number of hydrogen-bond acceptors (Lipinski definition) is 4. The van der Waals surface area contributed by atoms with Crippen molar-refractivity contribution in [2.45, 2.75) is 19.4 Å². The fourth-order valence-electron chi connectivity index (χ4n) is 1.94. The van der Waals surface area contributed by atoms with Gasteiger partial charge < -0.3 is 20.1 Å². The third kappa shape index (κ3) is 5.59. The van der Waals surface area contributed by atoms with E-state index in [1.807, 2.05) is 33.2 Å². The zero-order valence-electron chi connectivity index (χ0n) is 12.4. The van der Waals surface area contributed by atoms with Crippen LogP contribution in [0, 0.1) is 0 Å². The summed E-state index contributed by atoms with van der Waals surface area (Å²) < 4.78 is 5.41. The fraction of sp³-hybridized carbons (Fsp3) is 0.533. The molecule has 1 unspecified atom stereocenters. The van der Waals surface area contributed by atoms with Crippen molar-refractivity contribution in [1.82, 2.24) is 10.2 Å². The number of aliphatic carboxylic acids is 1. The van der Waals surface area contributed by atoms with Crippen LogP contribution < -0.4 is 10.1 Å². The average Bonchev–Trinajstić information content (AvgIpc) is 2.38. The van der Waals surface area contributed by atoms with Crippen molar-refractivity contribution < 1.29 is 14.6 Å². The molecule has 20 heavy (non-hydrogen) atoms. The molecule has 0 saturated carbocycles. The summed E-state index contributed by atoms with van der Waals surface area (Å²) in [4.78, 5) is 13.5. The van der Waals surface area contributed by atoms with Gasteiger partial charge in [-0.1, -0.05) is 12.1 Å². The van der Waals surface area contributed by atoms with Crippen molar-refractivity contribution in [1.29, 1.82) is 0 Å². The third-order valence-corrected chi connectivity index (χ3v) is 2.88. The second-order valence-electron chi connectivity index (χ2n) is 4.89. The molecule has 0 radical (unpaired) electrons. The molecule has 5 nitrogen and oxygen atoms in total. The summed E-state index contributed by atoms with van der Waals surface area (Å²) in [6.07, 6.45) is 0.905. The van der Waals surface area contributed by atoms with Gasteiger partial charge in [-0.05, 0) is 58.2 Å². The molecule has 0 spiro atoms. The lowest BCUT2D eigenvalue weighted by atomic mass is 10.1. The Bertz CT molecular complexity index is 421. The van der Waals surface area contributed by atoms with E-state index in [4.69, 9.17) is 4.74 Å². The van der Waals surface area contributed by atoms with Crippen LogP contribution in [0.15, 0.2) is 24.3 Å². The molecular weight excluding hydrogens is 256 g/mol. The number of carboxylic acid groups (broad SMARTS) is 1. The minimum Gasteiger partial charge on any atom is -0.494 e. The molecule has 1 aromatic rings. The van der Waals surface area contributed by atoms with Crippen LogP contribution in [-0.4, -0.2) is 49.8 Å². The predicted octanol–water partition coefficient (Wildman–Crippen LogP) is 1.75. The maximum absolute atomic E-state index is 11.4. The Morgan fingerprint density at radius 2 is 2.20 bits per heavy atom. The van der Waals surface area contributed by atoms with Gasteiger partial charge in [0.15, 0.2) is 0 Å². The largest absolute Gasteiger partial charge is 0.494 e. The first-order valence-electron chi connectivity index (χ1n) is 6.88. The maximum Gasteiger partial charge on any atom is 0.325 e. The molecule has 0 aliphatic heterocycles. The van der Waals surface area contributed by atoms with E-state index in [1.165, 1.54) is 0 Å². The zero-order valence-corrected chi connectivity index (χ0v) is 12.4. The van der Waals surface area contributed by atoms with E-state index in [2.05, 4.69) is 10.2 Å². The quantitative estimate of drug-likeness (QED) is 0.675. The lowest BCUT2D eigenvalue weighted by molar-refractivity contribution is -0.139. The summed E-state index contributed by atoms with van der Waals surface area (Å²) in [7, 11) is 4.00. The molecule has 1 atom stereocenters. The number of benzene rings is 1. The van der Waals surface area contributed by atoms with E-state index < -0.39 is 12.0 Å². The first kappa shape index (κ1) is 16.5. The SMILES string of the molecule is CCOc1cccc(C(NCCCN(C)C)C(=O)O)c1. The Balaban J connectivity index is 2.65. The standard InChI is InChI=1S/C15H24N2O3/c1-4-20-13-8-5-7-12(11-13)14(15(18)19)16-9-6-10-17(2)3/h5,7-8,11,14,16H,4,6,9-10H2,1-3H3,(H,18,19). The molecular formula is C15H24N2O3. The molecule has 112 valence electrons. The summed E-state index contributed by atoms with van der Waals surface area (Å²) in [5.41, 5.74) is 0.716. The van der Waals surface area contributed by atoms with Gasteiger partial charge in [0.2, 0.25) is 0 Å². The topological polar surface area (TPSA) is 61.8 Å². The number of carboxylic acids is 1. The Labute approximate surface area is 120 Å². The molecule has 0 amide bonds. The van der Waals surface area contributed by atoms with Crippen LogP contribution in [-0.2, 0) is 4.79 Å². The Kier molecular flexibility index (Phi) is 7.04. The van der Waals surface area contributed by atoms with Gasteiger partial charge in [0, 0.05) is 0 Å². The molecule has 1 rings (SSSR count). The Morgan fingerprint density at radius 3 is 2.80 bits per heavy atom. The minimum absolute atomic E-state index is 0.567. The number of rotatable bonds is 9. The first-order chi connectivity index (χ1) is 9.54. The van der Waals surface area contributed by atoms with Crippen LogP contribution in [0.1, 0.15) is 24.9 Å². The summed E-state index contributed by atoms with van der Waals surface area (Å²) in [6, 6.07) is 6.54. The highest BCUT2D eigenvalue weighted by Crippen LogP contribution is 2.19. The normalized spacial score (nSPS) is 12.4. The molecule has 2 N–H and O–H groups in total. The lowest BCUT2D eigenvalue weighted by Crippen LogP contribution is -2.30. The first-order valence-corrected chi connectivity index (χ1v) is 6.88. The molecule has 0 saturated heterocycles. The lowest BCUT2D eigenvalue weighted by Gasteiger charge is -2.17. The molecule has 0 aromatic heterocycles. The van der Waals surface area contributed by atoms with Crippen molar-refractivity contribution in [2.75, 3.05) is 33.8 Å². The minimum atomic E-state index is -0.872. The second-order valence-corrected chi connectivity index (χ2v) is 4.89. The van der Waals surface area contributed by atoms with E-state index in [0.717, 1.165) is 13.0 Å². The maximum atomic E-state index is 11.4. The number of ether oxygens (including phenoxy) is 1. The van der Waals surface area contributed by atoms with Crippen LogP contribution in [0.25, 0.3) is 0 Å². The Morgan fingerprint density at radius 1 is 1.45 bits per heavy atom. The van der Waals surface area contributed by atoms with E-state index in [9.17, 15) is 9.90 Å². The van der Waals surface area contributed by atoms with Crippen LogP contribution in [0.5, 0.6) is 5.75 Å². The van der Waals surface area contributed by atoms with E-state index in [0.29, 0.717) is 24.5 Å². The van der Waals surface area contributed by atoms with Crippen LogP contribution in [0.3, 0.4) is 0 Å². The molecule has 0 bridgehead atoms. The molecule has 1 aromatic carbocycles. The average molecular weight is 280 g/mol. The van der Waals surface area contributed by atoms with Gasteiger partial charge in [0.25, 0.3) is 0 Å². The van der Waals surface area contributed by atoms with E-state index >= 15 is 0 Å². The summed E-state index contributed by atoms with van der Waals surface area (Å²) >= 11 is 0. The number of hydrogen-bond donors (Lipinski definition) is 2. The fourth-order valence-corrected chi connectivity index (χ4v) is 1.94. The van der Waals surface area contributed by atoms with Gasteiger partial charge in [0.1, 0.15) is 11.8 Å². The van der Waals surface area contributed by atoms with Crippen LogP contribution in [0.2, 0.25) is 0 Å². The van der Waals surface area contributed by atoms with Crippen molar-refractivity contribution in [3.63, 3.8) is 0 Å². The molecule has 0 fully saturated rings. The summed E-state index contributed by atoms with van der Waals surface area (Å²) in [6.45, 7) is 4.06. The molecule has 0 aliphatic rings. The molecule has 5 heteroatoms. The number of carbonyl (C=O) groups is 1. The van der Waals surface area contributed by atoms with Crippen LogP contribution >= 0.6 is 0 Å². The van der Waals surface area contributed by atoms with Crippen molar-refractivity contribution in [2.24, 2.45) is 0 Å². The van der Waals surface area contributed by atoms with Gasteiger partial charge in [0.05, 0.1) is 6.61 Å². The molecule has 0 heterocycles. The number of nitrogens with one attached hydrogen (secondary N) is 1. The Hall–Kier alpha value is -1.59. The van der Waals surface area contributed by atoms with Crippen molar-refractivity contribution in [3.8, 4) is 5.75 Å². The van der Waals surface area contributed by atoms with Gasteiger partial charge in [-0.3, -0.25) is 4.79 Å². The van der Waals surface area contributed by atoms with Crippen molar-refractivity contribution >= 4 is 5.97 Å². The zero-order chi connectivity index (χ0) is 15.0. The van der Waals surface area contributed by atoms with Crippen LogP contribution in [0.4, 0.5) is 0 Å². The summed E-state index contributed by atoms with van der Waals surface area (Å²) in [5.74, 6) is -0.171. The van der Waals surface area contributed by atoms with E-state index in [-0.39, 0.29) is 0 Å². The van der Waals surface area contributed by atoms with Gasteiger partial charge >= 0.3 is 5.97 Å². The second kappa shape index (κ2) is 8.55. The smallest absolute Gasteiger partial charge is 0.325 e. The highest BCUT2D eigenvalue weighted by Gasteiger charge is 2.19. The van der Waals surface area contributed by atoms with Crippen molar-refractivity contribution in [3.05, 3.63) is 29.8 Å². The highest BCUT2D eigenvalue weighted by atomic mass is 16.5. The third-order valence-electron chi connectivity index (χ3n) is 2.88. The van der Waals surface area contributed by atoms with Gasteiger partial charge in [-0.2, -0.15) is 0 Å².